The van der Waals surface area contributed by atoms with Gasteiger partial charge < -0.3 is 20.7 Å². The molecule has 0 saturated carbocycles. The largest absolute Gasteiger partial charge is 0.495 e. The second-order valence-electron chi connectivity index (χ2n) is 5.07. The average molecular weight is 328 g/mol. The second-order valence-corrected chi connectivity index (χ2v) is 5.07. The van der Waals surface area contributed by atoms with E-state index in [0.29, 0.717) is 23.5 Å². The minimum absolute atomic E-state index is 0.245. The number of anilines is 1. The van der Waals surface area contributed by atoms with E-state index in [-0.39, 0.29) is 5.91 Å². The molecule has 0 spiro atoms. The number of hydrogen-bond acceptors (Lipinski definition) is 4. The van der Waals surface area contributed by atoms with Crippen LogP contribution in [-0.4, -0.2) is 31.1 Å². The lowest BCUT2D eigenvalue weighted by atomic mass is 10.1. The molecule has 3 N–H and O–H groups in total. The van der Waals surface area contributed by atoms with Crippen LogP contribution in [0.15, 0.2) is 36.4 Å². The highest BCUT2D eigenvalue weighted by molar-refractivity contribution is 5.97. The van der Waals surface area contributed by atoms with Crippen molar-refractivity contribution in [2.75, 3.05) is 19.5 Å². The molecule has 0 radical (unpaired) electrons. The number of carbonyl (C=O) groups excluding carboxylic acids is 2. The number of carbonyl (C=O) groups is 2. The Morgan fingerprint density at radius 3 is 2.67 bits per heavy atom. The first kappa shape index (κ1) is 17.3. The van der Waals surface area contributed by atoms with E-state index in [1.165, 1.54) is 7.11 Å². The van der Waals surface area contributed by atoms with Crippen LogP contribution in [0.2, 0.25) is 0 Å². The van der Waals surface area contributed by atoms with Crippen LogP contribution in [-0.2, 0) is 6.54 Å². The molecular weight excluding hydrogens is 308 g/mol. The van der Waals surface area contributed by atoms with Crippen LogP contribution in [0.1, 0.15) is 21.7 Å². The molecule has 0 fully saturated rings. The van der Waals surface area contributed by atoms with Crippen LogP contribution in [0.3, 0.4) is 0 Å². The van der Waals surface area contributed by atoms with Gasteiger partial charge in [0.15, 0.2) is 0 Å². The Morgan fingerprint density at radius 1 is 1.21 bits per heavy atom. The van der Waals surface area contributed by atoms with E-state index in [4.69, 9.17) is 4.74 Å². The van der Waals surface area contributed by atoms with E-state index < -0.39 is 6.03 Å². The van der Waals surface area contributed by atoms with Crippen LogP contribution < -0.4 is 20.7 Å². The number of rotatable bonds is 5. The van der Waals surface area contributed by atoms with Gasteiger partial charge in [-0.3, -0.25) is 9.78 Å². The maximum absolute atomic E-state index is 12.1. The normalized spacial score (nSPS) is 9.96. The molecule has 0 aliphatic carbocycles. The molecule has 7 nitrogen and oxygen atoms in total. The molecule has 0 atom stereocenters. The highest BCUT2D eigenvalue weighted by Gasteiger charge is 2.11. The Hall–Kier alpha value is -3.09. The monoisotopic (exact) mass is 328 g/mol. The van der Waals surface area contributed by atoms with Gasteiger partial charge in [-0.1, -0.05) is 6.07 Å². The molecule has 7 heteroatoms. The summed E-state index contributed by atoms with van der Waals surface area (Å²) in [6.07, 6.45) is 0. The Morgan fingerprint density at radius 2 is 2.00 bits per heavy atom. The van der Waals surface area contributed by atoms with Crippen molar-refractivity contribution in [3.05, 3.63) is 53.3 Å². The molecule has 2 rings (SSSR count). The van der Waals surface area contributed by atoms with Crippen LogP contribution in [0.25, 0.3) is 0 Å². The Bertz CT molecular complexity index is 746. The predicted octanol–water partition coefficient (Wildman–Crippen LogP) is 2.08. The van der Waals surface area contributed by atoms with Crippen molar-refractivity contribution in [3.63, 3.8) is 0 Å². The third-order valence-corrected chi connectivity index (χ3v) is 3.31. The molecule has 1 heterocycles. The molecule has 0 unspecified atom stereocenters. The number of ether oxygens (including phenoxy) is 1. The summed E-state index contributed by atoms with van der Waals surface area (Å²) in [5.74, 6) is 0.219. The van der Waals surface area contributed by atoms with Crippen LogP contribution in [0, 0.1) is 6.92 Å². The fourth-order valence-corrected chi connectivity index (χ4v) is 2.13. The van der Waals surface area contributed by atoms with Crippen molar-refractivity contribution in [2.45, 2.75) is 13.5 Å². The van der Waals surface area contributed by atoms with Crippen LogP contribution in [0.5, 0.6) is 5.75 Å². The van der Waals surface area contributed by atoms with Crippen LogP contribution in [0.4, 0.5) is 10.5 Å². The Kier molecular flexibility index (Phi) is 5.73. The maximum Gasteiger partial charge on any atom is 0.319 e. The quantitative estimate of drug-likeness (QED) is 0.783. The smallest absolute Gasteiger partial charge is 0.319 e. The minimum Gasteiger partial charge on any atom is -0.495 e. The molecular formula is C17H20N4O3. The number of nitrogens with zero attached hydrogens (tertiary/aromatic N) is 1. The number of methoxy groups -OCH3 is 1. The lowest BCUT2D eigenvalue weighted by molar-refractivity contribution is 0.0963. The fourth-order valence-electron chi connectivity index (χ4n) is 2.13. The summed E-state index contributed by atoms with van der Waals surface area (Å²) in [6.45, 7) is 2.18. The van der Waals surface area contributed by atoms with Crippen molar-refractivity contribution >= 4 is 17.6 Å². The zero-order valence-corrected chi connectivity index (χ0v) is 13.8. The van der Waals surface area contributed by atoms with Gasteiger partial charge in [0, 0.05) is 18.3 Å². The molecule has 126 valence electrons. The molecule has 0 saturated heterocycles. The molecule has 0 bridgehead atoms. The summed E-state index contributed by atoms with van der Waals surface area (Å²) in [5, 5.41) is 7.94. The van der Waals surface area contributed by atoms with E-state index in [1.54, 1.807) is 25.2 Å². The van der Waals surface area contributed by atoms with Crippen molar-refractivity contribution in [1.82, 2.24) is 15.6 Å². The minimum atomic E-state index is -0.411. The molecule has 0 aliphatic heterocycles. The van der Waals surface area contributed by atoms with Gasteiger partial charge in [0.1, 0.15) is 5.75 Å². The second kappa shape index (κ2) is 7.96. The number of pyridine rings is 1. The van der Waals surface area contributed by atoms with E-state index in [9.17, 15) is 9.59 Å². The van der Waals surface area contributed by atoms with E-state index >= 15 is 0 Å². The van der Waals surface area contributed by atoms with Crippen molar-refractivity contribution in [1.29, 1.82) is 0 Å². The summed E-state index contributed by atoms with van der Waals surface area (Å²) >= 11 is 0. The zero-order chi connectivity index (χ0) is 17.5. The van der Waals surface area contributed by atoms with Gasteiger partial charge in [0.05, 0.1) is 25.0 Å². The van der Waals surface area contributed by atoms with E-state index in [2.05, 4.69) is 20.9 Å². The van der Waals surface area contributed by atoms with Gasteiger partial charge in [-0.05, 0) is 37.3 Å². The summed E-state index contributed by atoms with van der Waals surface area (Å²) in [6, 6.07) is 10.00. The number of nitrogens with one attached hydrogen (secondary N) is 3. The molecule has 0 aliphatic rings. The van der Waals surface area contributed by atoms with Gasteiger partial charge in [-0.2, -0.15) is 0 Å². The standard InChI is InChI=1S/C17H20N4O3/c1-11-5-4-6-13(20-11)10-19-17(23)21-14-9-12(16(22)18-2)7-8-15(14)24-3/h4-9H,10H2,1-3H3,(H,18,22)(H2,19,21,23). The summed E-state index contributed by atoms with van der Waals surface area (Å²) in [4.78, 5) is 28.1. The lowest BCUT2D eigenvalue weighted by Crippen LogP contribution is -2.29. The molecule has 2 aromatic rings. The predicted molar refractivity (Wildman–Crippen MR) is 91.2 cm³/mol. The number of benzene rings is 1. The van der Waals surface area contributed by atoms with Crippen molar-refractivity contribution in [2.24, 2.45) is 0 Å². The molecule has 24 heavy (non-hydrogen) atoms. The first-order valence-electron chi connectivity index (χ1n) is 7.41. The first-order chi connectivity index (χ1) is 11.5. The third-order valence-electron chi connectivity index (χ3n) is 3.31. The first-order valence-corrected chi connectivity index (χ1v) is 7.41. The Balaban J connectivity index is 2.05. The number of aromatic nitrogens is 1. The van der Waals surface area contributed by atoms with Crippen molar-refractivity contribution in [3.8, 4) is 5.75 Å². The maximum atomic E-state index is 12.1. The zero-order valence-electron chi connectivity index (χ0n) is 13.8. The van der Waals surface area contributed by atoms with E-state index in [0.717, 1.165) is 11.4 Å². The van der Waals surface area contributed by atoms with Gasteiger partial charge in [0.25, 0.3) is 5.91 Å². The number of urea groups is 1. The van der Waals surface area contributed by atoms with Crippen molar-refractivity contribution < 1.29 is 14.3 Å². The number of aryl methyl sites for hydroxylation is 1. The van der Waals surface area contributed by atoms with Gasteiger partial charge in [-0.25, -0.2) is 4.79 Å². The molecule has 3 amide bonds. The van der Waals surface area contributed by atoms with Crippen LogP contribution >= 0.6 is 0 Å². The van der Waals surface area contributed by atoms with Gasteiger partial charge in [0.2, 0.25) is 0 Å². The highest BCUT2D eigenvalue weighted by atomic mass is 16.5. The average Bonchev–Trinajstić information content (AvgIpc) is 2.59. The molecule has 1 aromatic carbocycles. The topological polar surface area (TPSA) is 92.4 Å². The fraction of sp³-hybridized carbons (Fsp3) is 0.235. The summed E-state index contributed by atoms with van der Waals surface area (Å²) < 4.78 is 5.21. The molecule has 1 aromatic heterocycles. The summed E-state index contributed by atoms with van der Waals surface area (Å²) in [7, 11) is 3.04. The number of hydrogen-bond donors (Lipinski definition) is 3. The highest BCUT2D eigenvalue weighted by Crippen LogP contribution is 2.25. The third kappa shape index (κ3) is 4.45. The Labute approximate surface area is 140 Å². The lowest BCUT2D eigenvalue weighted by Gasteiger charge is -2.12. The number of amides is 3. The SMILES string of the molecule is CNC(=O)c1ccc(OC)c(NC(=O)NCc2cccc(C)n2)c1. The van der Waals surface area contributed by atoms with E-state index in [1.807, 2.05) is 25.1 Å². The van der Waals surface area contributed by atoms with Gasteiger partial charge >= 0.3 is 6.03 Å². The summed E-state index contributed by atoms with van der Waals surface area (Å²) in [5.41, 5.74) is 2.48. The van der Waals surface area contributed by atoms with Gasteiger partial charge in [-0.15, -0.1) is 0 Å².